The average molecular weight is 351 g/mol. The molecule has 4 rings (SSSR count). The normalized spacial score (nSPS) is 16.6. The van der Waals surface area contributed by atoms with Crippen LogP contribution in [0, 0.1) is 26.6 Å². The number of rotatable bonds is 2. The number of hydrogen-bond acceptors (Lipinski definition) is 3. The van der Waals surface area contributed by atoms with Crippen LogP contribution in [-0.2, 0) is 17.8 Å². The Morgan fingerprint density at radius 3 is 2.54 bits per heavy atom. The fraction of sp³-hybridized carbons (Fsp3) is 0.333. The molecule has 1 aliphatic heterocycles. The fourth-order valence-corrected chi connectivity index (χ4v) is 3.58. The molecule has 0 saturated heterocycles. The van der Waals surface area contributed by atoms with Gasteiger partial charge >= 0.3 is 0 Å². The Balaban J connectivity index is 1.92. The molecule has 1 atom stereocenters. The molecular weight excluding hydrogens is 329 g/mol. The predicted octanol–water partition coefficient (Wildman–Crippen LogP) is 4.46. The molecule has 0 fully saturated rings. The van der Waals surface area contributed by atoms with Crippen LogP contribution in [0.15, 0.2) is 30.3 Å². The number of pyridine rings is 1. The van der Waals surface area contributed by atoms with E-state index in [0.29, 0.717) is 12.2 Å². The van der Waals surface area contributed by atoms with Crippen molar-refractivity contribution < 1.29 is 9.13 Å². The van der Waals surface area contributed by atoms with E-state index in [1.165, 1.54) is 6.07 Å². The first kappa shape index (κ1) is 16.9. The van der Waals surface area contributed by atoms with Crippen LogP contribution in [0.5, 0.6) is 0 Å². The van der Waals surface area contributed by atoms with E-state index in [2.05, 4.69) is 11.9 Å². The topological polar surface area (TPSA) is 39.9 Å². The first-order valence-corrected chi connectivity index (χ1v) is 8.87. The second-order valence-electron chi connectivity index (χ2n) is 7.08. The van der Waals surface area contributed by atoms with Gasteiger partial charge in [-0.05, 0) is 63.6 Å². The number of halogens is 1. The van der Waals surface area contributed by atoms with Crippen molar-refractivity contribution in [2.45, 2.75) is 46.8 Å². The maximum absolute atomic E-state index is 13.7. The van der Waals surface area contributed by atoms with E-state index in [9.17, 15) is 4.39 Å². The van der Waals surface area contributed by atoms with Crippen molar-refractivity contribution >= 4 is 0 Å². The van der Waals surface area contributed by atoms with Crippen LogP contribution in [0.1, 0.15) is 35.1 Å². The van der Waals surface area contributed by atoms with Gasteiger partial charge in [0.2, 0.25) is 0 Å². The minimum absolute atomic E-state index is 0.133. The molecule has 134 valence electrons. The molecule has 3 heterocycles. The molecular formula is C21H22FN3O. The van der Waals surface area contributed by atoms with Crippen molar-refractivity contribution in [3.8, 4) is 16.9 Å². The molecule has 0 radical (unpaired) electrons. The van der Waals surface area contributed by atoms with Crippen molar-refractivity contribution in [1.29, 1.82) is 0 Å². The second kappa shape index (κ2) is 6.32. The molecule has 0 spiro atoms. The van der Waals surface area contributed by atoms with Crippen LogP contribution < -0.4 is 0 Å². The number of aromatic nitrogens is 3. The Labute approximate surface area is 152 Å². The quantitative estimate of drug-likeness (QED) is 0.684. The number of hydrogen-bond donors (Lipinski definition) is 0. The standard InChI is InChI=1S/C21H22FN3O/c1-12-7-17(5-6-19(12)22)25-20-10-15(4)26-11-18(20)21(24-25)16-8-13(2)23-14(3)9-16/h5-9,15H,10-11H2,1-4H3. The number of benzene rings is 1. The molecule has 1 unspecified atom stereocenters. The van der Waals surface area contributed by atoms with Crippen molar-refractivity contribution in [2.24, 2.45) is 0 Å². The smallest absolute Gasteiger partial charge is 0.126 e. The summed E-state index contributed by atoms with van der Waals surface area (Å²) in [5, 5.41) is 4.91. The van der Waals surface area contributed by atoms with E-state index in [0.717, 1.165) is 46.0 Å². The molecule has 0 aliphatic carbocycles. The van der Waals surface area contributed by atoms with Gasteiger partial charge in [0, 0.05) is 28.9 Å². The molecule has 4 nitrogen and oxygen atoms in total. The van der Waals surface area contributed by atoms with Gasteiger partial charge in [-0.3, -0.25) is 4.98 Å². The molecule has 0 amide bonds. The van der Waals surface area contributed by atoms with Crippen LogP contribution in [0.3, 0.4) is 0 Å². The maximum atomic E-state index is 13.7. The van der Waals surface area contributed by atoms with E-state index in [-0.39, 0.29) is 11.9 Å². The van der Waals surface area contributed by atoms with Crippen LogP contribution >= 0.6 is 0 Å². The van der Waals surface area contributed by atoms with E-state index in [4.69, 9.17) is 9.84 Å². The molecule has 1 aromatic carbocycles. The summed E-state index contributed by atoms with van der Waals surface area (Å²) in [6.07, 6.45) is 0.912. The van der Waals surface area contributed by atoms with Crippen LogP contribution in [0.4, 0.5) is 4.39 Å². The third-order valence-electron chi connectivity index (χ3n) is 4.82. The largest absolute Gasteiger partial charge is 0.373 e. The van der Waals surface area contributed by atoms with E-state index in [1.54, 1.807) is 13.0 Å². The third-order valence-corrected chi connectivity index (χ3v) is 4.82. The summed E-state index contributed by atoms with van der Waals surface area (Å²) in [6.45, 7) is 8.35. The zero-order chi connectivity index (χ0) is 18.4. The number of aryl methyl sites for hydroxylation is 3. The number of nitrogens with zero attached hydrogens (tertiary/aromatic N) is 3. The summed E-state index contributed by atoms with van der Waals surface area (Å²) >= 11 is 0. The summed E-state index contributed by atoms with van der Waals surface area (Å²) in [4.78, 5) is 4.46. The minimum atomic E-state index is -0.202. The van der Waals surface area contributed by atoms with Crippen molar-refractivity contribution in [3.63, 3.8) is 0 Å². The molecule has 0 bridgehead atoms. The van der Waals surface area contributed by atoms with Gasteiger partial charge < -0.3 is 4.74 Å². The monoisotopic (exact) mass is 351 g/mol. The molecule has 26 heavy (non-hydrogen) atoms. The summed E-state index contributed by atoms with van der Waals surface area (Å²) in [7, 11) is 0. The molecule has 2 aromatic heterocycles. The van der Waals surface area contributed by atoms with Gasteiger partial charge in [0.1, 0.15) is 5.82 Å². The van der Waals surface area contributed by atoms with Gasteiger partial charge in [-0.15, -0.1) is 0 Å². The predicted molar refractivity (Wildman–Crippen MR) is 98.9 cm³/mol. The fourth-order valence-electron chi connectivity index (χ4n) is 3.58. The maximum Gasteiger partial charge on any atom is 0.126 e. The van der Waals surface area contributed by atoms with E-state index >= 15 is 0 Å². The van der Waals surface area contributed by atoms with Gasteiger partial charge in [-0.25, -0.2) is 9.07 Å². The average Bonchev–Trinajstić information content (AvgIpc) is 2.95. The molecule has 1 aliphatic rings. The van der Waals surface area contributed by atoms with Gasteiger partial charge in [0.25, 0.3) is 0 Å². The first-order chi connectivity index (χ1) is 12.4. The highest BCUT2D eigenvalue weighted by Gasteiger charge is 2.26. The van der Waals surface area contributed by atoms with Gasteiger partial charge in [0.05, 0.1) is 29.8 Å². The summed E-state index contributed by atoms with van der Waals surface area (Å²) in [5.74, 6) is -0.202. The lowest BCUT2D eigenvalue weighted by atomic mass is 10.0. The van der Waals surface area contributed by atoms with Gasteiger partial charge in [0.15, 0.2) is 0 Å². The minimum Gasteiger partial charge on any atom is -0.373 e. The summed E-state index contributed by atoms with van der Waals surface area (Å²) in [6, 6.07) is 9.22. The number of ether oxygens (including phenoxy) is 1. The van der Waals surface area contributed by atoms with Gasteiger partial charge in [-0.2, -0.15) is 5.10 Å². The van der Waals surface area contributed by atoms with Crippen molar-refractivity contribution in [3.05, 3.63) is 64.4 Å². The summed E-state index contributed by atoms with van der Waals surface area (Å²) in [5.41, 5.74) is 7.63. The van der Waals surface area contributed by atoms with Crippen molar-refractivity contribution in [1.82, 2.24) is 14.8 Å². The lowest BCUT2D eigenvalue weighted by molar-refractivity contribution is 0.0401. The molecule has 0 saturated carbocycles. The Morgan fingerprint density at radius 1 is 1.12 bits per heavy atom. The summed E-state index contributed by atoms with van der Waals surface area (Å²) < 4.78 is 21.6. The first-order valence-electron chi connectivity index (χ1n) is 8.87. The highest BCUT2D eigenvalue weighted by Crippen LogP contribution is 2.33. The second-order valence-corrected chi connectivity index (χ2v) is 7.08. The molecule has 0 N–H and O–H groups in total. The van der Waals surface area contributed by atoms with Crippen LogP contribution in [0.25, 0.3) is 16.9 Å². The Kier molecular flexibility index (Phi) is 4.11. The lowest BCUT2D eigenvalue weighted by Gasteiger charge is -2.21. The zero-order valence-electron chi connectivity index (χ0n) is 15.5. The number of fused-ring (bicyclic) bond motifs is 1. The Bertz CT molecular complexity index is 973. The van der Waals surface area contributed by atoms with E-state index in [1.807, 2.05) is 36.7 Å². The SMILES string of the molecule is Cc1cc(-c2nn(-c3ccc(F)c(C)c3)c3c2COC(C)C3)cc(C)n1. The molecule has 5 heteroatoms. The lowest BCUT2D eigenvalue weighted by Crippen LogP contribution is -2.21. The Hall–Kier alpha value is -2.53. The Morgan fingerprint density at radius 2 is 1.85 bits per heavy atom. The van der Waals surface area contributed by atoms with Gasteiger partial charge in [-0.1, -0.05) is 0 Å². The van der Waals surface area contributed by atoms with Crippen LogP contribution in [-0.4, -0.2) is 20.9 Å². The highest BCUT2D eigenvalue weighted by atomic mass is 19.1. The van der Waals surface area contributed by atoms with E-state index < -0.39 is 0 Å². The molecule has 3 aromatic rings. The highest BCUT2D eigenvalue weighted by molar-refractivity contribution is 5.66. The van der Waals surface area contributed by atoms with Crippen LogP contribution in [0.2, 0.25) is 0 Å². The third kappa shape index (κ3) is 2.92. The van der Waals surface area contributed by atoms with Crippen molar-refractivity contribution in [2.75, 3.05) is 0 Å². The zero-order valence-corrected chi connectivity index (χ0v) is 15.5.